The van der Waals surface area contributed by atoms with Gasteiger partial charge in [-0.05, 0) is 50.3 Å². The summed E-state index contributed by atoms with van der Waals surface area (Å²) in [5.41, 5.74) is 7.56. The molecule has 0 aromatic carbocycles. The minimum atomic E-state index is 0.495. The summed E-state index contributed by atoms with van der Waals surface area (Å²) in [6.45, 7) is 10.8. The van der Waals surface area contributed by atoms with E-state index in [1.54, 1.807) is 0 Å². The lowest BCUT2D eigenvalue weighted by Crippen LogP contribution is -2.00. The maximum Gasteiger partial charge on any atom is 0.0734 e. The Bertz CT molecular complexity index is 493. The summed E-state index contributed by atoms with van der Waals surface area (Å²) in [5.74, 6) is 0.495. The first-order valence-corrected chi connectivity index (χ1v) is 5.85. The van der Waals surface area contributed by atoms with E-state index in [1.165, 1.54) is 22.3 Å². The SMILES string of the molecule is CC1=CC(C)C=Cc2c1nc(C)c(C)c2C. The van der Waals surface area contributed by atoms with E-state index in [-0.39, 0.29) is 0 Å². The first kappa shape index (κ1) is 11.1. The van der Waals surface area contributed by atoms with Crippen molar-refractivity contribution in [3.05, 3.63) is 40.2 Å². The molecule has 0 radical (unpaired) electrons. The lowest BCUT2D eigenvalue weighted by atomic mass is 9.98. The lowest BCUT2D eigenvalue weighted by molar-refractivity contribution is 0.948. The first-order valence-electron chi connectivity index (χ1n) is 5.85. The van der Waals surface area contributed by atoms with Gasteiger partial charge in [-0.3, -0.25) is 4.98 Å². The van der Waals surface area contributed by atoms with Crippen molar-refractivity contribution in [3.8, 4) is 0 Å². The number of aromatic nitrogens is 1. The van der Waals surface area contributed by atoms with E-state index < -0.39 is 0 Å². The predicted molar refractivity (Wildman–Crippen MR) is 70.3 cm³/mol. The van der Waals surface area contributed by atoms with Crippen LogP contribution in [0.2, 0.25) is 0 Å². The number of hydrogen-bond donors (Lipinski definition) is 0. The highest BCUT2D eigenvalue weighted by Gasteiger charge is 2.14. The zero-order valence-corrected chi connectivity index (χ0v) is 10.8. The summed E-state index contributed by atoms with van der Waals surface area (Å²) < 4.78 is 0. The largest absolute Gasteiger partial charge is 0.253 e. The molecule has 0 aliphatic heterocycles. The van der Waals surface area contributed by atoms with Gasteiger partial charge in [-0.2, -0.15) is 0 Å². The first-order chi connectivity index (χ1) is 7.50. The Morgan fingerprint density at radius 2 is 1.75 bits per heavy atom. The van der Waals surface area contributed by atoms with Crippen LogP contribution in [0.25, 0.3) is 11.6 Å². The molecule has 1 nitrogen and oxygen atoms in total. The van der Waals surface area contributed by atoms with E-state index in [9.17, 15) is 0 Å². The normalized spacial score (nSPS) is 19.1. The van der Waals surface area contributed by atoms with Crippen molar-refractivity contribution in [1.29, 1.82) is 0 Å². The van der Waals surface area contributed by atoms with Gasteiger partial charge in [0.2, 0.25) is 0 Å². The van der Waals surface area contributed by atoms with Gasteiger partial charge in [0.25, 0.3) is 0 Å². The van der Waals surface area contributed by atoms with Crippen molar-refractivity contribution in [2.45, 2.75) is 34.6 Å². The van der Waals surface area contributed by atoms with E-state index in [0.29, 0.717) is 5.92 Å². The molecule has 0 spiro atoms. The van der Waals surface area contributed by atoms with Crippen LogP contribution in [-0.4, -0.2) is 4.98 Å². The van der Waals surface area contributed by atoms with Crippen molar-refractivity contribution >= 4 is 11.6 Å². The van der Waals surface area contributed by atoms with Crippen molar-refractivity contribution in [2.75, 3.05) is 0 Å². The quantitative estimate of drug-likeness (QED) is 0.633. The van der Waals surface area contributed by atoms with Crippen molar-refractivity contribution in [2.24, 2.45) is 5.92 Å². The minimum absolute atomic E-state index is 0.495. The molecule has 0 amide bonds. The fourth-order valence-corrected chi connectivity index (χ4v) is 2.24. The summed E-state index contributed by atoms with van der Waals surface area (Å²) in [7, 11) is 0. The molecular formula is C15H19N. The molecule has 1 heterocycles. The second kappa shape index (κ2) is 3.89. The Kier molecular flexibility index (Phi) is 2.71. The zero-order valence-electron chi connectivity index (χ0n) is 10.8. The van der Waals surface area contributed by atoms with Crippen LogP contribution in [0, 0.1) is 26.7 Å². The van der Waals surface area contributed by atoms with Crippen LogP contribution in [0.4, 0.5) is 0 Å². The second-order valence-corrected chi connectivity index (χ2v) is 4.78. The van der Waals surface area contributed by atoms with Gasteiger partial charge in [0.15, 0.2) is 0 Å². The average Bonchev–Trinajstić information content (AvgIpc) is 2.36. The third-order valence-corrected chi connectivity index (χ3v) is 3.50. The van der Waals surface area contributed by atoms with Crippen LogP contribution >= 0.6 is 0 Å². The number of rotatable bonds is 0. The molecule has 1 aromatic rings. The summed E-state index contributed by atoms with van der Waals surface area (Å²) in [6, 6.07) is 0. The van der Waals surface area contributed by atoms with Crippen LogP contribution in [0.1, 0.15) is 41.9 Å². The number of nitrogens with zero attached hydrogens (tertiary/aromatic N) is 1. The number of pyridine rings is 1. The van der Waals surface area contributed by atoms with Crippen LogP contribution < -0.4 is 0 Å². The van der Waals surface area contributed by atoms with E-state index in [0.717, 1.165) is 11.4 Å². The molecule has 1 unspecified atom stereocenters. The monoisotopic (exact) mass is 213 g/mol. The molecule has 1 aliphatic carbocycles. The fourth-order valence-electron chi connectivity index (χ4n) is 2.24. The minimum Gasteiger partial charge on any atom is -0.253 e. The number of hydrogen-bond acceptors (Lipinski definition) is 1. The van der Waals surface area contributed by atoms with Crippen molar-refractivity contribution in [3.63, 3.8) is 0 Å². The molecule has 16 heavy (non-hydrogen) atoms. The summed E-state index contributed by atoms with van der Waals surface area (Å²) in [6.07, 6.45) is 6.75. The van der Waals surface area contributed by atoms with Gasteiger partial charge in [0.05, 0.1) is 5.69 Å². The van der Waals surface area contributed by atoms with Gasteiger partial charge in [-0.15, -0.1) is 0 Å². The molecule has 0 saturated heterocycles. The van der Waals surface area contributed by atoms with Gasteiger partial charge in [0.1, 0.15) is 0 Å². The predicted octanol–water partition coefficient (Wildman–Crippen LogP) is 4.07. The van der Waals surface area contributed by atoms with Crippen molar-refractivity contribution in [1.82, 2.24) is 4.98 Å². The summed E-state index contributed by atoms with van der Waals surface area (Å²) in [5, 5.41) is 0. The van der Waals surface area contributed by atoms with Gasteiger partial charge in [-0.1, -0.05) is 25.2 Å². The summed E-state index contributed by atoms with van der Waals surface area (Å²) in [4.78, 5) is 4.73. The fraction of sp³-hybridized carbons (Fsp3) is 0.400. The molecule has 0 fully saturated rings. The molecule has 0 N–H and O–H groups in total. The van der Waals surface area contributed by atoms with E-state index in [2.05, 4.69) is 52.8 Å². The topological polar surface area (TPSA) is 12.9 Å². The molecule has 1 aliphatic rings. The molecule has 0 saturated carbocycles. The molecule has 2 rings (SSSR count). The maximum atomic E-state index is 4.73. The number of allylic oxidation sites excluding steroid dienone is 3. The highest BCUT2D eigenvalue weighted by Crippen LogP contribution is 2.29. The Labute approximate surface area is 97.9 Å². The Morgan fingerprint density at radius 1 is 1.06 bits per heavy atom. The maximum absolute atomic E-state index is 4.73. The third kappa shape index (κ3) is 1.71. The van der Waals surface area contributed by atoms with Gasteiger partial charge in [-0.25, -0.2) is 0 Å². The Balaban J connectivity index is 2.75. The second-order valence-electron chi connectivity index (χ2n) is 4.78. The summed E-state index contributed by atoms with van der Waals surface area (Å²) >= 11 is 0. The molecule has 84 valence electrons. The molecule has 1 aromatic heterocycles. The molecule has 1 heteroatoms. The molecule has 1 atom stereocenters. The van der Waals surface area contributed by atoms with Crippen LogP contribution in [0.3, 0.4) is 0 Å². The average molecular weight is 213 g/mol. The van der Waals surface area contributed by atoms with Crippen LogP contribution in [0.5, 0.6) is 0 Å². The van der Waals surface area contributed by atoms with E-state index in [4.69, 9.17) is 4.98 Å². The van der Waals surface area contributed by atoms with E-state index in [1.807, 2.05) is 0 Å². The van der Waals surface area contributed by atoms with Crippen molar-refractivity contribution < 1.29 is 0 Å². The zero-order chi connectivity index (χ0) is 11.9. The van der Waals surface area contributed by atoms with Gasteiger partial charge >= 0.3 is 0 Å². The standard InChI is InChI=1S/C15H19N/c1-9-6-7-14-12(4)11(3)13(5)16-15(14)10(2)8-9/h6-9H,1-5H3. The van der Waals surface area contributed by atoms with Gasteiger partial charge in [0, 0.05) is 11.3 Å². The van der Waals surface area contributed by atoms with Crippen LogP contribution in [-0.2, 0) is 0 Å². The highest BCUT2D eigenvalue weighted by molar-refractivity contribution is 5.75. The smallest absolute Gasteiger partial charge is 0.0734 e. The molecular weight excluding hydrogens is 194 g/mol. The molecule has 0 bridgehead atoms. The number of fused-ring (bicyclic) bond motifs is 1. The van der Waals surface area contributed by atoms with Crippen LogP contribution in [0.15, 0.2) is 12.2 Å². The Morgan fingerprint density at radius 3 is 2.44 bits per heavy atom. The van der Waals surface area contributed by atoms with Gasteiger partial charge < -0.3 is 0 Å². The highest BCUT2D eigenvalue weighted by atomic mass is 14.7. The number of aryl methyl sites for hydroxylation is 1. The lowest BCUT2D eigenvalue weighted by Gasteiger charge is -2.13. The third-order valence-electron chi connectivity index (χ3n) is 3.50. The Hall–Kier alpha value is -1.37. The van der Waals surface area contributed by atoms with E-state index >= 15 is 0 Å².